The largest absolute Gasteiger partial charge is 0.457 e. The summed E-state index contributed by atoms with van der Waals surface area (Å²) in [5, 5.41) is 6.28. The van der Waals surface area contributed by atoms with Crippen LogP contribution in [0.25, 0.3) is 38.8 Å². The van der Waals surface area contributed by atoms with Crippen LogP contribution in [0.3, 0.4) is 0 Å². The topological polar surface area (TPSA) is 42.3 Å². The third-order valence-electron chi connectivity index (χ3n) is 12.3. The van der Waals surface area contributed by atoms with Gasteiger partial charge in [-0.25, -0.2) is 4.98 Å². The van der Waals surface area contributed by atoms with Crippen LogP contribution in [0.4, 0.5) is 22.7 Å². The molecule has 0 aliphatic heterocycles. The Hall–Kier alpha value is -6.33. The number of fused-ring (bicyclic) bond motifs is 3. The number of nitrogens with one attached hydrogen (secondary N) is 1. The van der Waals surface area contributed by atoms with E-state index in [0.29, 0.717) is 0 Å². The molecule has 0 atom stereocenters. The predicted octanol–water partition coefficient (Wildman–Crippen LogP) is 16.3. The summed E-state index contributed by atoms with van der Waals surface area (Å²) < 4.78 is 9.06. The van der Waals surface area contributed by atoms with Gasteiger partial charge in [0.1, 0.15) is 17.3 Å². The Morgan fingerprint density at radius 2 is 1.14 bits per heavy atom. The first-order chi connectivity index (χ1) is 29.6. The molecule has 8 rings (SSSR count). The van der Waals surface area contributed by atoms with E-state index in [1.54, 1.807) is 0 Å². The Morgan fingerprint density at radius 3 is 1.81 bits per heavy atom. The van der Waals surface area contributed by atoms with Gasteiger partial charge in [-0.1, -0.05) is 138 Å². The fourth-order valence-electron chi connectivity index (χ4n) is 8.28. The van der Waals surface area contributed by atoms with E-state index in [1.807, 2.05) is 12.3 Å². The van der Waals surface area contributed by atoms with Crippen LogP contribution >= 0.6 is 0 Å². The molecule has 0 saturated heterocycles. The molecule has 0 aliphatic carbocycles. The first kappa shape index (κ1) is 43.3. The van der Waals surface area contributed by atoms with Crippen LogP contribution in [-0.4, -0.2) is 16.6 Å². The van der Waals surface area contributed by atoms with Gasteiger partial charge in [0.15, 0.2) is 0 Å². The van der Waals surface area contributed by atoms with Crippen molar-refractivity contribution in [2.75, 3.05) is 17.3 Å². The first-order valence-electron chi connectivity index (χ1n) is 22.3. The molecular formula is C58H64N4O. The molecule has 5 heteroatoms. The van der Waals surface area contributed by atoms with E-state index in [-0.39, 0.29) is 21.7 Å². The number of nitrogens with zero attached hydrogens (tertiary/aromatic N) is 3. The van der Waals surface area contributed by atoms with Gasteiger partial charge in [-0.3, -0.25) is 4.57 Å². The molecule has 0 amide bonds. The molecule has 0 bridgehead atoms. The van der Waals surface area contributed by atoms with Gasteiger partial charge in [0, 0.05) is 47.5 Å². The summed E-state index contributed by atoms with van der Waals surface area (Å²) in [5.74, 6) is 2.42. The number of rotatable bonds is 8. The van der Waals surface area contributed by atoms with E-state index in [1.165, 1.54) is 38.6 Å². The van der Waals surface area contributed by atoms with Crippen LogP contribution in [0.15, 0.2) is 146 Å². The van der Waals surface area contributed by atoms with Crippen LogP contribution in [0.1, 0.15) is 105 Å². The zero-order valence-corrected chi connectivity index (χ0v) is 39.6. The molecule has 0 aliphatic rings. The van der Waals surface area contributed by atoms with Gasteiger partial charge in [-0.2, -0.15) is 0 Å². The lowest BCUT2D eigenvalue weighted by atomic mass is 9.80. The Kier molecular flexibility index (Phi) is 11.1. The molecule has 0 radical (unpaired) electrons. The number of hydrogen-bond acceptors (Lipinski definition) is 4. The lowest BCUT2D eigenvalue weighted by Gasteiger charge is -2.28. The van der Waals surface area contributed by atoms with Crippen LogP contribution in [0.2, 0.25) is 0 Å². The molecule has 1 N–H and O–H groups in total. The lowest BCUT2D eigenvalue weighted by molar-refractivity contribution is 0.483. The molecule has 63 heavy (non-hydrogen) atoms. The Labute approximate surface area is 375 Å². The van der Waals surface area contributed by atoms with Gasteiger partial charge < -0.3 is 15.0 Å². The van der Waals surface area contributed by atoms with Crippen molar-refractivity contribution in [3.05, 3.63) is 168 Å². The summed E-state index contributed by atoms with van der Waals surface area (Å²) >= 11 is 0. The van der Waals surface area contributed by atoms with Gasteiger partial charge in [0.05, 0.1) is 22.4 Å². The molecular weight excluding hydrogens is 769 g/mol. The predicted molar refractivity (Wildman–Crippen MR) is 270 cm³/mol. The van der Waals surface area contributed by atoms with Crippen molar-refractivity contribution < 1.29 is 4.74 Å². The highest BCUT2D eigenvalue weighted by Gasteiger charge is 2.23. The van der Waals surface area contributed by atoms with Gasteiger partial charge >= 0.3 is 0 Å². The molecule has 0 fully saturated rings. The van der Waals surface area contributed by atoms with Crippen LogP contribution in [0.5, 0.6) is 11.5 Å². The second-order valence-corrected chi connectivity index (χ2v) is 21.3. The summed E-state index contributed by atoms with van der Waals surface area (Å²) in [6.07, 6.45) is 1.93. The van der Waals surface area contributed by atoms with Gasteiger partial charge in [0.25, 0.3) is 0 Å². The van der Waals surface area contributed by atoms with Crippen molar-refractivity contribution in [1.82, 2.24) is 9.55 Å². The summed E-state index contributed by atoms with van der Waals surface area (Å²) in [6, 6.07) is 50.3. The molecule has 322 valence electrons. The number of benzene rings is 6. The van der Waals surface area contributed by atoms with E-state index in [0.717, 1.165) is 56.7 Å². The first-order valence-corrected chi connectivity index (χ1v) is 22.3. The highest BCUT2D eigenvalue weighted by molar-refractivity contribution is 6.09. The maximum Gasteiger partial charge on any atom is 0.137 e. The van der Waals surface area contributed by atoms with Crippen molar-refractivity contribution >= 4 is 44.6 Å². The van der Waals surface area contributed by atoms with E-state index in [4.69, 9.17) is 9.72 Å². The minimum atomic E-state index is -0.0177. The summed E-state index contributed by atoms with van der Waals surface area (Å²) in [4.78, 5) is 7.18. The molecule has 2 heterocycles. The molecule has 0 unspecified atom stereocenters. The lowest BCUT2D eigenvalue weighted by Crippen LogP contribution is -2.17. The number of ether oxygens (including phenoxy) is 1. The molecule has 5 nitrogen and oxygen atoms in total. The van der Waals surface area contributed by atoms with Crippen molar-refractivity contribution in [2.24, 2.45) is 0 Å². The fraction of sp³-hybridized carbons (Fsp3) is 0.293. The van der Waals surface area contributed by atoms with Crippen LogP contribution in [-0.2, 0) is 21.7 Å². The highest BCUT2D eigenvalue weighted by Crippen LogP contribution is 2.41. The second-order valence-electron chi connectivity index (χ2n) is 21.3. The second kappa shape index (κ2) is 16.1. The molecule has 6 aromatic carbocycles. The quantitative estimate of drug-likeness (QED) is 0.166. The Morgan fingerprint density at radius 1 is 0.492 bits per heavy atom. The van der Waals surface area contributed by atoms with Crippen molar-refractivity contribution in [3.8, 4) is 28.4 Å². The third-order valence-corrected chi connectivity index (χ3v) is 12.3. The maximum atomic E-state index is 6.77. The number of anilines is 4. The molecule has 2 aromatic heterocycles. The van der Waals surface area contributed by atoms with Crippen LogP contribution in [0, 0.1) is 0 Å². The van der Waals surface area contributed by atoms with Gasteiger partial charge in [0.2, 0.25) is 0 Å². The minimum Gasteiger partial charge on any atom is -0.457 e. The minimum absolute atomic E-state index is 0.00521. The number of hydrogen-bond donors (Lipinski definition) is 1. The zero-order chi connectivity index (χ0) is 45.1. The number of aromatic nitrogens is 2. The van der Waals surface area contributed by atoms with Crippen LogP contribution < -0.4 is 15.0 Å². The molecule has 0 spiro atoms. The summed E-state index contributed by atoms with van der Waals surface area (Å²) in [5.41, 5.74) is 13.8. The molecule has 8 aromatic rings. The summed E-state index contributed by atoms with van der Waals surface area (Å²) in [7, 11) is 2.13. The third kappa shape index (κ3) is 9.11. The van der Waals surface area contributed by atoms with E-state index < -0.39 is 0 Å². The van der Waals surface area contributed by atoms with E-state index in [2.05, 4.69) is 238 Å². The standard InChI is InChI=1S/C58H64N4O/c1-55(2,3)40-23-27-51-49(34-40)48-25-24-47(37-53(48)62(51)54-35-41(28-29-59-54)56(4,5)6)63-46-21-17-20-45(36-46)61(13)52-26-22-39(38-18-15-14-16-19-38)30-50(52)60-44-32-42(57(7,8)9)31-43(33-44)58(10,11)12/h14-37,60H,1-13H3. The van der Waals surface area contributed by atoms with Crippen molar-refractivity contribution in [2.45, 2.75) is 105 Å². The number of pyridine rings is 1. The van der Waals surface area contributed by atoms with Crippen molar-refractivity contribution in [3.63, 3.8) is 0 Å². The molecule has 0 saturated carbocycles. The SMILES string of the molecule is CN(c1cccc(Oc2ccc3c4cc(C(C)(C)C)ccc4n(-c4cc(C(C)(C)C)ccn4)c3c2)c1)c1ccc(-c2ccccc2)cc1Nc1cc(C(C)(C)C)cc(C(C)(C)C)c1. The van der Waals surface area contributed by atoms with E-state index in [9.17, 15) is 0 Å². The zero-order valence-electron chi connectivity index (χ0n) is 39.6. The maximum absolute atomic E-state index is 6.77. The smallest absolute Gasteiger partial charge is 0.137 e. The Balaban J connectivity index is 1.18. The average molecular weight is 833 g/mol. The monoisotopic (exact) mass is 833 g/mol. The highest BCUT2D eigenvalue weighted by atomic mass is 16.5. The van der Waals surface area contributed by atoms with E-state index >= 15 is 0 Å². The van der Waals surface area contributed by atoms with Crippen molar-refractivity contribution in [1.29, 1.82) is 0 Å². The van der Waals surface area contributed by atoms with Gasteiger partial charge in [-0.15, -0.1) is 0 Å². The Bertz CT molecular complexity index is 2910. The average Bonchev–Trinajstić information content (AvgIpc) is 3.55. The summed E-state index contributed by atoms with van der Waals surface area (Å²) in [6.45, 7) is 27.2. The fourth-order valence-corrected chi connectivity index (χ4v) is 8.28. The van der Waals surface area contributed by atoms with Gasteiger partial charge in [-0.05, 0) is 128 Å². The normalized spacial score (nSPS) is 12.5.